The molecular weight excluding hydrogens is 171 g/mol. The second kappa shape index (κ2) is 3.17. The minimum Gasteiger partial charge on any atom is -0.392 e. The van der Waals surface area contributed by atoms with Crippen LogP contribution in [0.3, 0.4) is 0 Å². The van der Waals surface area contributed by atoms with Crippen LogP contribution in [-0.4, -0.2) is 23.8 Å². The van der Waals surface area contributed by atoms with Gasteiger partial charge in [-0.05, 0) is 6.08 Å². The van der Waals surface area contributed by atoms with Crippen molar-refractivity contribution in [2.75, 3.05) is 6.61 Å². The average molecular weight is 176 g/mol. The molecule has 0 atom stereocenters. The molecule has 66 valence electrons. The van der Waals surface area contributed by atoms with E-state index >= 15 is 0 Å². The maximum atomic E-state index is 11.8. The highest BCUT2D eigenvalue weighted by molar-refractivity contribution is 4.98. The minimum absolute atomic E-state index is 0.341. The van der Waals surface area contributed by atoms with E-state index in [0.717, 1.165) is 0 Å². The molecule has 0 radical (unpaired) electrons. The number of aliphatic hydroxyl groups is 1. The lowest BCUT2D eigenvalue weighted by Crippen LogP contribution is -2.34. The molecule has 0 aliphatic heterocycles. The molecule has 0 aromatic heterocycles. The van der Waals surface area contributed by atoms with E-state index in [1.807, 2.05) is 0 Å². The number of rotatable bonds is 2. The Labute approximate surface area is 59.1 Å². The molecule has 0 heterocycles. The summed E-state index contributed by atoms with van der Waals surface area (Å²) in [6.07, 6.45) is -5.63. The fourth-order valence-electron chi connectivity index (χ4n) is 0.295. The Kier molecular flexibility index (Phi) is 2.98. The highest BCUT2D eigenvalue weighted by atomic mass is 19.4. The molecule has 0 bridgehead atoms. The van der Waals surface area contributed by atoms with Gasteiger partial charge in [0.05, 0.1) is 6.61 Å². The van der Waals surface area contributed by atoms with Gasteiger partial charge < -0.3 is 5.11 Å². The molecule has 1 nitrogen and oxygen atoms in total. The molecule has 6 heteroatoms. The summed E-state index contributed by atoms with van der Waals surface area (Å²) in [6, 6.07) is 0. The Hall–Kier alpha value is -0.650. The van der Waals surface area contributed by atoms with Crippen molar-refractivity contribution in [3.8, 4) is 0 Å². The quantitative estimate of drug-likeness (QED) is 0.501. The van der Waals surface area contributed by atoms with Crippen molar-refractivity contribution in [1.82, 2.24) is 0 Å². The fourth-order valence-corrected chi connectivity index (χ4v) is 0.295. The van der Waals surface area contributed by atoms with Crippen molar-refractivity contribution >= 4 is 0 Å². The van der Waals surface area contributed by atoms with Crippen molar-refractivity contribution in [3.05, 3.63) is 12.2 Å². The SMILES string of the molecule is OC/C=C/C(F)(F)C(F)(F)F. The fraction of sp³-hybridized carbons (Fsp3) is 0.600. The number of alkyl halides is 5. The number of aliphatic hydroxyl groups excluding tert-OH is 1. The summed E-state index contributed by atoms with van der Waals surface area (Å²) < 4.78 is 57.4. The first-order valence-corrected chi connectivity index (χ1v) is 2.54. The maximum absolute atomic E-state index is 11.8. The van der Waals surface area contributed by atoms with Crippen molar-refractivity contribution in [3.63, 3.8) is 0 Å². The van der Waals surface area contributed by atoms with Gasteiger partial charge in [-0.15, -0.1) is 0 Å². The van der Waals surface area contributed by atoms with Crippen LogP contribution >= 0.6 is 0 Å². The van der Waals surface area contributed by atoms with Crippen LogP contribution in [0.1, 0.15) is 0 Å². The summed E-state index contributed by atoms with van der Waals surface area (Å²) in [5, 5.41) is 7.91. The van der Waals surface area contributed by atoms with E-state index in [4.69, 9.17) is 5.11 Å². The van der Waals surface area contributed by atoms with Gasteiger partial charge in [-0.2, -0.15) is 22.0 Å². The molecule has 0 aliphatic rings. The van der Waals surface area contributed by atoms with E-state index in [2.05, 4.69) is 0 Å². The lowest BCUT2D eigenvalue weighted by atomic mass is 10.3. The summed E-state index contributed by atoms with van der Waals surface area (Å²) >= 11 is 0. The van der Waals surface area contributed by atoms with E-state index in [-0.39, 0.29) is 6.08 Å². The van der Waals surface area contributed by atoms with Crippen LogP contribution in [0.5, 0.6) is 0 Å². The highest BCUT2D eigenvalue weighted by Crippen LogP contribution is 2.36. The molecule has 0 aliphatic carbocycles. The van der Waals surface area contributed by atoms with Gasteiger partial charge in [0.1, 0.15) is 0 Å². The van der Waals surface area contributed by atoms with Gasteiger partial charge in [0.15, 0.2) is 0 Å². The molecule has 0 unspecified atom stereocenters. The molecule has 0 rings (SSSR count). The predicted octanol–water partition coefficient (Wildman–Crippen LogP) is 1.73. The third kappa shape index (κ3) is 2.83. The Bertz CT molecular complexity index is 147. The number of hydrogen-bond acceptors (Lipinski definition) is 1. The molecular formula is C5H5F5O. The first-order valence-electron chi connectivity index (χ1n) is 2.54. The van der Waals surface area contributed by atoms with Gasteiger partial charge in [0.25, 0.3) is 0 Å². The van der Waals surface area contributed by atoms with E-state index in [0.29, 0.717) is 6.08 Å². The summed E-state index contributed by atoms with van der Waals surface area (Å²) in [6.45, 7) is -0.842. The normalized spacial score (nSPS) is 14.4. The molecule has 1 N–H and O–H groups in total. The third-order valence-corrected chi connectivity index (χ3v) is 0.811. The Morgan fingerprint density at radius 1 is 1.09 bits per heavy atom. The van der Waals surface area contributed by atoms with Gasteiger partial charge in [0.2, 0.25) is 0 Å². The molecule has 0 saturated heterocycles. The van der Waals surface area contributed by atoms with E-state index in [9.17, 15) is 22.0 Å². The molecule has 0 saturated carbocycles. The summed E-state index contributed by atoms with van der Waals surface area (Å²) in [5.41, 5.74) is 0. The van der Waals surface area contributed by atoms with Crippen LogP contribution in [0.4, 0.5) is 22.0 Å². The third-order valence-electron chi connectivity index (χ3n) is 0.811. The zero-order valence-electron chi connectivity index (χ0n) is 5.20. The van der Waals surface area contributed by atoms with Gasteiger partial charge in [-0.3, -0.25) is 0 Å². The lowest BCUT2D eigenvalue weighted by Gasteiger charge is -2.14. The molecule has 11 heavy (non-hydrogen) atoms. The first kappa shape index (κ1) is 10.3. The van der Waals surface area contributed by atoms with Crippen LogP contribution in [0.15, 0.2) is 12.2 Å². The van der Waals surface area contributed by atoms with Crippen molar-refractivity contribution < 1.29 is 27.1 Å². The largest absolute Gasteiger partial charge is 0.457 e. The summed E-state index contributed by atoms with van der Waals surface area (Å²) in [4.78, 5) is 0. The molecule has 0 fully saturated rings. The predicted molar refractivity (Wildman–Crippen MR) is 27.2 cm³/mol. The smallest absolute Gasteiger partial charge is 0.392 e. The van der Waals surface area contributed by atoms with Gasteiger partial charge in [-0.25, -0.2) is 0 Å². The monoisotopic (exact) mass is 176 g/mol. The molecule has 0 spiro atoms. The van der Waals surface area contributed by atoms with E-state index in [1.165, 1.54) is 0 Å². The Balaban J connectivity index is 4.34. The van der Waals surface area contributed by atoms with Crippen LogP contribution in [0, 0.1) is 0 Å². The van der Waals surface area contributed by atoms with Gasteiger partial charge in [0, 0.05) is 0 Å². The molecule has 0 aromatic rings. The topological polar surface area (TPSA) is 20.2 Å². The van der Waals surface area contributed by atoms with Crippen molar-refractivity contribution in [2.24, 2.45) is 0 Å². The van der Waals surface area contributed by atoms with E-state index < -0.39 is 18.7 Å². The number of hydrogen-bond donors (Lipinski definition) is 1. The number of halogens is 5. The maximum Gasteiger partial charge on any atom is 0.457 e. The zero-order valence-corrected chi connectivity index (χ0v) is 5.20. The molecule has 0 aromatic carbocycles. The van der Waals surface area contributed by atoms with Crippen molar-refractivity contribution in [2.45, 2.75) is 12.1 Å². The highest BCUT2D eigenvalue weighted by Gasteiger charge is 2.55. The first-order chi connectivity index (χ1) is 4.81. The van der Waals surface area contributed by atoms with Crippen LogP contribution in [-0.2, 0) is 0 Å². The van der Waals surface area contributed by atoms with Gasteiger partial charge in [-0.1, -0.05) is 6.08 Å². The zero-order chi connectivity index (χ0) is 9.12. The Morgan fingerprint density at radius 3 is 1.82 bits per heavy atom. The van der Waals surface area contributed by atoms with Gasteiger partial charge >= 0.3 is 12.1 Å². The second-order valence-electron chi connectivity index (χ2n) is 1.71. The van der Waals surface area contributed by atoms with Crippen molar-refractivity contribution in [1.29, 1.82) is 0 Å². The van der Waals surface area contributed by atoms with E-state index in [1.54, 1.807) is 0 Å². The average Bonchev–Trinajstić information content (AvgIpc) is 1.81. The summed E-state index contributed by atoms with van der Waals surface area (Å²) in [7, 11) is 0. The standard InChI is InChI=1S/C5H5F5O/c6-4(7,2-1-3-11)5(8,9)10/h1-2,11H,3H2/b2-1+. The van der Waals surface area contributed by atoms with Crippen LogP contribution < -0.4 is 0 Å². The minimum atomic E-state index is -5.58. The van der Waals surface area contributed by atoms with Crippen LogP contribution in [0.25, 0.3) is 0 Å². The number of allylic oxidation sites excluding steroid dienone is 1. The van der Waals surface area contributed by atoms with Crippen LogP contribution in [0.2, 0.25) is 0 Å². The second-order valence-corrected chi connectivity index (χ2v) is 1.71. The lowest BCUT2D eigenvalue weighted by molar-refractivity contribution is -0.259. The summed E-state index contributed by atoms with van der Waals surface area (Å²) in [5.74, 6) is -4.85. The Morgan fingerprint density at radius 2 is 1.55 bits per heavy atom. The molecule has 0 amide bonds.